The second-order valence-corrected chi connectivity index (χ2v) is 8.13. The highest BCUT2D eigenvalue weighted by molar-refractivity contribution is 5.88. The first-order chi connectivity index (χ1) is 14.7. The van der Waals surface area contributed by atoms with E-state index in [1.165, 1.54) is 11.0 Å². The molecule has 7 heteroatoms. The summed E-state index contributed by atoms with van der Waals surface area (Å²) in [5, 5.41) is 14.3. The number of benzene rings is 2. The zero-order valence-corrected chi connectivity index (χ0v) is 18.6. The SMILES string of the molecule is CC[C@H](C(=O)NCC(C)C)N(Cc1ccc(C)cc1)C(=O)Cc1ccccc1[N+](=O)[O-]. The molecule has 1 N–H and O–H groups in total. The lowest BCUT2D eigenvalue weighted by Crippen LogP contribution is -2.50. The van der Waals surface area contributed by atoms with Gasteiger partial charge in [-0.05, 0) is 24.8 Å². The molecule has 0 aliphatic carbocycles. The van der Waals surface area contributed by atoms with E-state index in [4.69, 9.17) is 0 Å². The van der Waals surface area contributed by atoms with Crippen molar-refractivity contribution in [2.75, 3.05) is 6.54 Å². The Morgan fingerprint density at radius 2 is 1.74 bits per heavy atom. The van der Waals surface area contributed by atoms with Gasteiger partial charge in [0.2, 0.25) is 11.8 Å². The normalized spacial score (nSPS) is 11.8. The summed E-state index contributed by atoms with van der Waals surface area (Å²) in [5.41, 5.74) is 2.24. The van der Waals surface area contributed by atoms with Crippen LogP contribution in [0.1, 0.15) is 43.9 Å². The Morgan fingerprint density at radius 1 is 1.10 bits per heavy atom. The number of rotatable bonds is 10. The lowest BCUT2D eigenvalue weighted by molar-refractivity contribution is -0.385. The van der Waals surface area contributed by atoms with E-state index in [0.29, 0.717) is 18.5 Å². The summed E-state index contributed by atoms with van der Waals surface area (Å²) in [4.78, 5) is 38.6. The number of hydrogen-bond donors (Lipinski definition) is 1. The number of carbonyl (C=O) groups is 2. The van der Waals surface area contributed by atoms with Crippen LogP contribution in [0.25, 0.3) is 0 Å². The molecule has 0 bridgehead atoms. The first kappa shape index (κ1) is 24.1. The number of carbonyl (C=O) groups excluding carboxylic acids is 2. The van der Waals surface area contributed by atoms with Crippen LogP contribution in [0.2, 0.25) is 0 Å². The lowest BCUT2D eigenvalue weighted by atomic mass is 10.0. The van der Waals surface area contributed by atoms with Crippen molar-refractivity contribution in [2.45, 2.75) is 53.1 Å². The van der Waals surface area contributed by atoms with Crippen molar-refractivity contribution < 1.29 is 14.5 Å². The maximum atomic E-state index is 13.3. The minimum absolute atomic E-state index is 0.0940. The van der Waals surface area contributed by atoms with Crippen LogP contribution < -0.4 is 5.32 Å². The van der Waals surface area contributed by atoms with Crippen LogP contribution in [0.4, 0.5) is 5.69 Å². The van der Waals surface area contributed by atoms with Gasteiger partial charge in [-0.3, -0.25) is 19.7 Å². The summed E-state index contributed by atoms with van der Waals surface area (Å²) in [6, 6.07) is 13.3. The Morgan fingerprint density at radius 3 is 2.32 bits per heavy atom. The van der Waals surface area contributed by atoms with Crippen molar-refractivity contribution in [1.82, 2.24) is 10.2 Å². The molecule has 0 fully saturated rings. The Hall–Kier alpha value is -3.22. The molecule has 0 saturated heterocycles. The predicted molar refractivity (Wildman–Crippen MR) is 120 cm³/mol. The van der Waals surface area contributed by atoms with Crippen LogP contribution in [-0.4, -0.2) is 34.2 Å². The maximum absolute atomic E-state index is 13.3. The highest BCUT2D eigenvalue weighted by atomic mass is 16.6. The lowest BCUT2D eigenvalue weighted by Gasteiger charge is -2.31. The predicted octanol–water partition coefficient (Wildman–Crippen LogP) is 4.03. The van der Waals surface area contributed by atoms with Gasteiger partial charge < -0.3 is 10.2 Å². The third-order valence-electron chi connectivity index (χ3n) is 5.07. The van der Waals surface area contributed by atoms with E-state index >= 15 is 0 Å². The van der Waals surface area contributed by atoms with Crippen molar-refractivity contribution in [2.24, 2.45) is 5.92 Å². The largest absolute Gasteiger partial charge is 0.354 e. The molecular weight excluding hydrogens is 394 g/mol. The molecule has 166 valence electrons. The minimum Gasteiger partial charge on any atom is -0.354 e. The van der Waals surface area contributed by atoms with Gasteiger partial charge >= 0.3 is 0 Å². The molecule has 0 unspecified atom stereocenters. The summed E-state index contributed by atoms with van der Waals surface area (Å²) in [6.07, 6.45) is 0.301. The molecule has 2 aromatic carbocycles. The van der Waals surface area contributed by atoms with Crippen LogP contribution in [-0.2, 0) is 22.6 Å². The number of nitro benzene ring substituents is 1. The van der Waals surface area contributed by atoms with Gasteiger partial charge in [-0.15, -0.1) is 0 Å². The minimum atomic E-state index is -0.657. The fraction of sp³-hybridized carbons (Fsp3) is 0.417. The fourth-order valence-corrected chi connectivity index (χ4v) is 3.34. The number of hydrogen-bond acceptors (Lipinski definition) is 4. The van der Waals surface area contributed by atoms with Gasteiger partial charge in [0.15, 0.2) is 0 Å². The molecule has 31 heavy (non-hydrogen) atoms. The van der Waals surface area contributed by atoms with E-state index in [2.05, 4.69) is 5.32 Å². The molecular formula is C24H31N3O4. The molecule has 0 saturated carbocycles. The van der Waals surface area contributed by atoms with Crippen LogP contribution >= 0.6 is 0 Å². The number of nitrogens with one attached hydrogen (secondary N) is 1. The molecule has 2 aromatic rings. The van der Waals surface area contributed by atoms with E-state index < -0.39 is 11.0 Å². The van der Waals surface area contributed by atoms with Crippen LogP contribution in [0.3, 0.4) is 0 Å². The molecule has 0 aliphatic heterocycles. The van der Waals surface area contributed by atoms with E-state index in [0.717, 1.165) is 11.1 Å². The first-order valence-corrected chi connectivity index (χ1v) is 10.6. The van der Waals surface area contributed by atoms with Crippen LogP contribution in [0.15, 0.2) is 48.5 Å². The van der Waals surface area contributed by atoms with Crippen LogP contribution in [0, 0.1) is 23.0 Å². The topological polar surface area (TPSA) is 92.6 Å². The standard InChI is InChI=1S/C24H31N3O4/c1-5-21(24(29)25-15-17(2)3)26(16-19-12-10-18(4)11-13-19)23(28)14-20-8-6-7-9-22(20)27(30)31/h6-13,17,21H,5,14-16H2,1-4H3,(H,25,29)/t21-/m1/s1. The number of para-hydroxylation sites is 1. The number of amides is 2. The monoisotopic (exact) mass is 425 g/mol. The molecule has 0 radical (unpaired) electrons. The molecule has 1 atom stereocenters. The van der Waals surface area contributed by atoms with E-state index in [9.17, 15) is 19.7 Å². The second-order valence-electron chi connectivity index (χ2n) is 8.13. The van der Waals surface area contributed by atoms with Gasteiger partial charge in [-0.1, -0.05) is 68.8 Å². The molecule has 0 aromatic heterocycles. The van der Waals surface area contributed by atoms with Crippen molar-refractivity contribution in [1.29, 1.82) is 0 Å². The third-order valence-corrected chi connectivity index (χ3v) is 5.07. The molecule has 2 rings (SSSR count). The third kappa shape index (κ3) is 6.91. The number of nitrogens with zero attached hydrogens (tertiary/aromatic N) is 2. The van der Waals surface area contributed by atoms with Gasteiger partial charge in [0, 0.05) is 24.7 Å². The van der Waals surface area contributed by atoms with Gasteiger partial charge in [0.1, 0.15) is 6.04 Å². The van der Waals surface area contributed by atoms with Gasteiger partial charge in [-0.2, -0.15) is 0 Å². The van der Waals surface area contributed by atoms with Crippen molar-refractivity contribution in [3.05, 3.63) is 75.3 Å². The molecule has 2 amide bonds. The Kier molecular flexibility index (Phi) is 8.73. The Labute approximate surface area is 183 Å². The van der Waals surface area contributed by atoms with Crippen LogP contribution in [0.5, 0.6) is 0 Å². The summed E-state index contributed by atoms with van der Waals surface area (Å²) in [6.45, 7) is 8.63. The average molecular weight is 426 g/mol. The highest BCUT2D eigenvalue weighted by Gasteiger charge is 2.30. The first-order valence-electron chi connectivity index (χ1n) is 10.6. The summed E-state index contributed by atoms with van der Waals surface area (Å²) < 4.78 is 0. The van der Waals surface area contributed by atoms with Gasteiger partial charge in [0.05, 0.1) is 11.3 Å². The van der Waals surface area contributed by atoms with E-state index in [-0.39, 0.29) is 36.4 Å². The van der Waals surface area contributed by atoms with Crippen molar-refractivity contribution >= 4 is 17.5 Å². The zero-order valence-electron chi connectivity index (χ0n) is 18.6. The summed E-state index contributed by atoms with van der Waals surface area (Å²) >= 11 is 0. The quantitative estimate of drug-likeness (QED) is 0.459. The Bertz CT molecular complexity index is 909. The second kappa shape index (κ2) is 11.2. The Balaban J connectivity index is 2.33. The number of aryl methyl sites for hydroxylation is 1. The van der Waals surface area contributed by atoms with Gasteiger partial charge in [0.25, 0.3) is 5.69 Å². The number of nitro groups is 1. The van der Waals surface area contributed by atoms with Crippen molar-refractivity contribution in [3.8, 4) is 0 Å². The van der Waals surface area contributed by atoms with E-state index in [1.54, 1.807) is 18.2 Å². The maximum Gasteiger partial charge on any atom is 0.273 e. The summed E-state index contributed by atoms with van der Waals surface area (Å²) in [5.74, 6) is -0.240. The van der Waals surface area contributed by atoms with Gasteiger partial charge in [-0.25, -0.2) is 0 Å². The smallest absolute Gasteiger partial charge is 0.273 e. The van der Waals surface area contributed by atoms with E-state index in [1.807, 2.05) is 52.0 Å². The fourth-order valence-electron chi connectivity index (χ4n) is 3.34. The zero-order chi connectivity index (χ0) is 23.0. The average Bonchev–Trinajstić information content (AvgIpc) is 2.73. The highest BCUT2D eigenvalue weighted by Crippen LogP contribution is 2.21. The molecule has 0 heterocycles. The molecule has 0 spiro atoms. The molecule has 7 nitrogen and oxygen atoms in total. The summed E-state index contributed by atoms with van der Waals surface area (Å²) in [7, 11) is 0. The molecule has 0 aliphatic rings. The van der Waals surface area contributed by atoms with Crippen molar-refractivity contribution in [3.63, 3.8) is 0 Å².